The molecule has 2 aromatic carbocycles. The monoisotopic (exact) mass is 308 g/mol. The van der Waals surface area contributed by atoms with Crippen molar-refractivity contribution < 1.29 is 9.84 Å². The molecule has 0 amide bonds. The fourth-order valence-corrected chi connectivity index (χ4v) is 3.30. The van der Waals surface area contributed by atoms with Crippen LogP contribution in [0.3, 0.4) is 0 Å². The topological polar surface area (TPSA) is 29.5 Å². The van der Waals surface area contributed by atoms with Gasteiger partial charge in [-0.3, -0.25) is 0 Å². The SMILES string of the molecule is Cc1c(C)c2c(c(C)c1O)CC(C)(C/C=C/c1ccccc1)O2. The zero-order valence-electron chi connectivity index (χ0n) is 14.3. The molecule has 2 heteroatoms. The van der Waals surface area contributed by atoms with E-state index in [-0.39, 0.29) is 5.60 Å². The van der Waals surface area contributed by atoms with Gasteiger partial charge in [0.2, 0.25) is 0 Å². The van der Waals surface area contributed by atoms with E-state index in [1.807, 2.05) is 39.0 Å². The summed E-state index contributed by atoms with van der Waals surface area (Å²) in [6.45, 7) is 8.11. The van der Waals surface area contributed by atoms with E-state index in [0.29, 0.717) is 5.75 Å². The van der Waals surface area contributed by atoms with Crippen LogP contribution in [0.4, 0.5) is 0 Å². The van der Waals surface area contributed by atoms with Crippen LogP contribution in [0.15, 0.2) is 36.4 Å². The van der Waals surface area contributed by atoms with E-state index >= 15 is 0 Å². The molecule has 1 heterocycles. The molecular weight excluding hydrogens is 284 g/mol. The van der Waals surface area contributed by atoms with Crippen LogP contribution in [0.1, 0.15) is 41.2 Å². The molecule has 1 atom stereocenters. The predicted molar refractivity (Wildman–Crippen MR) is 95.1 cm³/mol. The molecule has 0 aliphatic carbocycles. The Morgan fingerprint density at radius 2 is 1.78 bits per heavy atom. The van der Waals surface area contributed by atoms with Crippen molar-refractivity contribution in [2.45, 2.75) is 46.1 Å². The molecule has 0 spiro atoms. The van der Waals surface area contributed by atoms with Crippen LogP contribution in [0.25, 0.3) is 6.08 Å². The van der Waals surface area contributed by atoms with E-state index in [1.54, 1.807) is 0 Å². The van der Waals surface area contributed by atoms with Crippen LogP contribution < -0.4 is 4.74 Å². The van der Waals surface area contributed by atoms with E-state index in [2.05, 4.69) is 31.2 Å². The Bertz CT molecular complexity index is 720. The van der Waals surface area contributed by atoms with Crippen molar-refractivity contribution in [2.24, 2.45) is 0 Å². The Morgan fingerprint density at radius 3 is 2.48 bits per heavy atom. The third-order valence-electron chi connectivity index (χ3n) is 4.90. The Hall–Kier alpha value is -2.22. The summed E-state index contributed by atoms with van der Waals surface area (Å²) in [5, 5.41) is 10.3. The number of hydrogen-bond donors (Lipinski definition) is 1. The van der Waals surface area contributed by atoms with Crippen molar-refractivity contribution in [1.29, 1.82) is 0 Å². The largest absolute Gasteiger partial charge is 0.507 e. The van der Waals surface area contributed by atoms with E-state index < -0.39 is 0 Å². The Balaban J connectivity index is 1.82. The molecule has 1 aliphatic rings. The van der Waals surface area contributed by atoms with Crippen molar-refractivity contribution in [2.75, 3.05) is 0 Å². The zero-order valence-corrected chi connectivity index (χ0v) is 14.3. The van der Waals surface area contributed by atoms with Crippen LogP contribution in [0, 0.1) is 20.8 Å². The van der Waals surface area contributed by atoms with E-state index in [1.165, 1.54) is 5.56 Å². The highest BCUT2D eigenvalue weighted by Gasteiger charge is 2.37. The number of benzene rings is 2. The lowest BCUT2D eigenvalue weighted by Gasteiger charge is -2.22. The minimum atomic E-state index is -0.247. The average Bonchev–Trinajstić information content (AvgIpc) is 2.90. The van der Waals surface area contributed by atoms with E-state index in [4.69, 9.17) is 4.74 Å². The third kappa shape index (κ3) is 2.86. The molecule has 0 saturated heterocycles. The molecule has 0 saturated carbocycles. The van der Waals surface area contributed by atoms with Gasteiger partial charge in [0.1, 0.15) is 17.1 Å². The van der Waals surface area contributed by atoms with Crippen molar-refractivity contribution in [3.8, 4) is 11.5 Å². The van der Waals surface area contributed by atoms with Gasteiger partial charge in [-0.1, -0.05) is 42.5 Å². The smallest absolute Gasteiger partial charge is 0.127 e. The van der Waals surface area contributed by atoms with Crippen LogP contribution in [-0.2, 0) is 6.42 Å². The minimum Gasteiger partial charge on any atom is -0.507 e. The Morgan fingerprint density at radius 1 is 1.09 bits per heavy atom. The fraction of sp³-hybridized carbons (Fsp3) is 0.333. The molecule has 0 aromatic heterocycles. The summed E-state index contributed by atoms with van der Waals surface area (Å²) in [6.07, 6.45) is 6.00. The third-order valence-corrected chi connectivity index (χ3v) is 4.90. The van der Waals surface area contributed by atoms with Crippen molar-refractivity contribution in [3.05, 3.63) is 64.2 Å². The summed E-state index contributed by atoms with van der Waals surface area (Å²) in [7, 11) is 0. The van der Waals surface area contributed by atoms with Crippen molar-refractivity contribution in [1.82, 2.24) is 0 Å². The average molecular weight is 308 g/mol. The molecular formula is C21H24O2. The summed E-state index contributed by atoms with van der Waals surface area (Å²) in [5.74, 6) is 1.38. The normalized spacial score (nSPS) is 19.8. The first-order chi connectivity index (χ1) is 10.9. The lowest BCUT2D eigenvalue weighted by molar-refractivity contribution is 0.119. The summed E-state index contributed by atoms with van der Waals surface area (Å²) in [6, 6.07) is 10.3. The molecule has 1 N–H and O–H groups in total. The standard InChI is InChI=1S/C21H24O2/c1-14-15(2)20-18(16(3)19(14)22)13-21(4,23-20)12-8-11-17-9-6-5-7-10-17/h5-11,22H,12-13H2,1-4H3/b11-8+. The first-order valence-electron chi connectivity index (χ1n) is 8.13. The molecule has 0 fully saturated rings. The molecule has 0 radical (unpaired) electrons. The van der Waals surface area contributed by atoms with Crippen LogP contribution in [0.5, 0.6) is 11.5 Å². The Labute approximate surface area is 138 Å². The number of hydrogen-bond acceptors (Lipinski definition) is 2. The first kappa shape index (κ1) is 15.7. The molecule has 2 aromatic rings. The summed E-state index contributed by atoms with van der Waals surface area (Å²) in [4.78, 5) is 0. The molecule has 120 valence electrons. The van der Waals surface area contributed by atoms with Gasteiger partial charge in [0.25, 0.3) is 0 Å². The number of rotatable bonds is 3. The number of fused-ring (bicyclic) bond motifs is 1. The number of ether oxygens (including phenoxy) is 1. The van der Waals surface area contributed by atoms with Gasteiger partial charge >= 0.3 is 0 Å². The summed E-state index contributed by atoms with van der Waals surface area (Å²) in [5.41, 5.74) is 5.04. The fourth-order valence-electron chi connectivity index (χ4n) is 3.30. The highest BCUT2D eigenvalue weighted by molar-refractivity contribution is 5.59. The molecule has 3 rings (SSSR count). The van der Waals surface area contributed by atoms with Gasteiger partial charge in [-0.05, 0) is 49.9 Å². The summed E-state index contributed by atoms with van der Waals surface area (Å²) >= 11 is 0. The predicted octanol–water partition coefficient (Wildman–Crippen LogP) is 5.11. The van der Waals surface area contributed by atoms with Crippen LogP contribution >= 0.6 is 0 Å². The second-order valence-electron chi connectivity index (χ2n) is 6.78. The molecule has 1 aliphatic heterocycles. The minimum absolute atomic E-state index is 0.247. The summed E-state index contributed by atoms with van der Waals surface area (Å²) < 4.78 is 6.32. The quantitative estimate of drug-likeness (QED) is 0.853. The maximum atomic E-state index is 10.3. The van der Waals surface area contributed by atoms with Crippen LogP contribution in [0.2, 0.25) is 0 Å². The van der Waals surface area contributed by atoms with Crippen molar-refractivity contribution >= 4 is 6.08 Å². The first-order valence-corrected chi connectivity index (χ1v) is 8.13. The lowest BCUT2D eigenvalue weighted by Crippen LogP contribution is -2.29. The second kappa shape index (κ2) is 5.77. The molecule has 0 bridgehead atoms. The number of phenols is 1. The van der Waals surface area contributed by atoms with Gasteiger partial charge in [-0.15, -0.1) is 0 Å². The molecule has 2 nitrogen and oxygen atoms in total. The highest BCUT2D eigenvalue weighted by Crippen LogP contribution is 2.45. The van der Waals surface area contributed by atoms with Gasteiger partial charge in [0.05, 0.1) is 0 Å². The zero-order chi connectivity index (χ0) is 16.6. The van der Waals surface area contributed by atoms with Crippen LogP contribution in [-0.4, -0.2) is 10.7 Å². The van der Waals surface area contributed by atoms with Gasteiger partial charge in [-0.25, -0.2) is 0 Å². The maximum absolute atomic E-state index is 10.3. The van der Waals surface area contributed by atoms with Gasteiger partial charge in [-0.2, -0.15) is 0 Å². The molecule has 1 unspecified atom stereocenters. The number of phenolic OH excluding ortho intramolecular Hbond substituents is 1. The number of aromatic hydroxyl groups is 1. The maximum Gasteiger partial charge on any atom is 0.127 e. The van der Waals surface area contributed by atoms with Gasteiger partial charge in [0, 0.05) is 18.4 Å². The second-order valence-corrected chi connectivity index (χ2v) is 6.78. The lowest BCUT2D eigenvalue weighted by atomic mass is 9.91. The van der Waals surface area contributed by atoms with E-state index in [9.17, 15) is 5.11 Å². The van der Waals surface area contributed by atoms with E-state index in [0.717, 1.165) is 40.8 Å². The van der Waals surface area contributed by atoms with Crippen molar-refractivity contribution in [3.63, 3.8) is 0 Å². The van der Waals surface area contributed by atoms with Gasteiger partial charge < -0.3 is 9.84 Å². The highest BCUT2D eigenvalue weighted by atomic mass is 16.5. The van der Waals surface area contributed by atoms with Gasteiger partial charge in [0.15, 0.2) is 0 Å². The molecule has 23 heavy (non-hydrogen) atoms. The Kier molecular flexibility index (Phi) is 3.93.